The highest BCUT2D eigenvalue weighted by molar-refractivity contribution is 6.06. The molecule has 7 heteroatoms. The Labute approximate surface area is 164 Å². The van der Waals surface area contributed by atoms with Gasteiger partial charge in [0.1, 0.15) is 0 Å². The average Bonchev–Trinajstić information content (AvgIpc) is 2.71. The zero-order chi connectivity index (χ0) is 20.7. The number of aliphatic carboxylic acids is 1. The van der Waals surface area contributed by atoms with Gasteiger partial charge in [-0.1, -0.05) is 19.6 Å². The number of rotatable bonds is 5. The van der Waals surface area contributed by atoms with Crippen LogP contribution in [0.25, 0.3) is 0 Å². The molecule has 0 fully saturated rings. The number of hydrogen-bond acceptors (Lipinski definition) is 4. The number of carboxylic acids is 1. The number of aryl methyl sites for hydroxylation is 1. The molecule has 2 aromatic rings. The van der Waals surface area contributed by atoms with Crippen molar-refractivity contribution in [3.63, 3.8) is 0 Å². The topological polar surface area (TPSA) is 107 Å². The first kappa shape index (κ1) is 21.0. The first-order chi connectivity index (χ1) is 13.5. The maximum Gasteiger partial charge on any atom is 0.304 e. The van der Waals surface area contributed by atoms with Gasteiger partial charge in [-0.05, 0) is 54.3 Å². The van der Waals surface area contributed by atoms with E-state index >= 15 is 0 Å². The van der Waals surface area contributed by atoms with Crippen molar-refractivity contribution in [1.82, 2.24) is 0 Å². The minimum absolute atomic E-state index is 0. The number of fused-ring (bicyclic) bond motifs is 1. The summed E-state index contributed by atoms with van der Waals surface area (Å²) in [5.74, 6) is -1.86. The van der Waals surface area contributed by atoms with Crippen LogP contribution in [0.15, 0.2) is 42.5 Å². The lowest BCUT2D eigenvalue weighted by Crippen LogP contribution is -2.25. The monoisotopic (exact) mass is 388 g/mol. The Morgan fingerprint density at radius 2 is 1.93 bits per heavy atom. The Morgan fingerprint density at radius 1 is 1.25 bits per heavy atom. The van der Waals surface area contributed by atoms with Crippen molar-refractivity contribution in [3.05, 3.63) is 64.7 Å². The minimum Gasteiger partial charge on any atom is -0.481 e. The molecule has 0 heterocycles. The SMILES string of the molecule is C.N=Cc1ccc(C(=O)Nc2ccc3c(c2)CCC(CC(=O)O)C3=O)cc1.[3H]F. The van der Waals surface area contributed by atoms with Crippen molar-refractivity contribution < 1.29 is 24.2 Å². The Morgan fingerprint density at radius 3 is 2.54 bits per heavy atom. The number of halogens is 1. The molecule has 0 saturated carbocycles. The number of carbonyl (C=O) groups is 3. The quantitative estimate of drug-likeness (QED) is 0.674. The number of carbonyl (C=O) groups excluding carboxylic acids is 2. The van der Waals surface area contributed by atoms with Crippen molar-refractivity contribution in [2.24, 2.45) is 5.92 Å². The van der Waals surface area contributed by atoms with E-state index in [2.05, 4.69) is 6.77 Å². The fourth-order valence-corrected chi connectivity index (χ4v) is 3.14. The van der Waals surface area contributed by atoms with Crippen LogP contribution in [-0.2, 0) is 11.2 Å². The van der Waals surface area contributed by atoms with E-state index in [4.69, 9.17) is 15.2 Å². The summed E-state index contributed by atoms with van der Waals surface area (Å²) in [6.45, 7) is 0. The lowest BCUT2D eigenvalue weighted by atomic mass is 9.81. The molecule has 6 nitrogen and oxygen atoms in total. The predicted octanol–water partition coefficient (Wildman–Crippen LogP) is 3.94. The summed E-state index contributed by atoms with van der Waals surface area (Å²) in [5.41, 5.74) is 3.15. The molecule has 0 saturated heterocycles. The molecule has 0 radical (unpaired) electrons. The number of hydrogen-bond donors (Lipinski definition) is 3. The van der Waals surface area contributed by atoms with E-state index in [0.717, 1.165) is 5.56 Å². The summed E-state index contributed by atoms with van der Waals surface area (Å²) >= 11 is 0. The maximum atomic E-state index is 12.4. The zero-order valence-electron chi connectivity index (χ0n) is 15.4. The van der Waals surface area contributed by atoms with Crippen molar-refractivity contribution in [2.45, 2.75) is 26.7 Å². The maximum absolute atomic E-state index is 12.4. The summed E-state index contributed by atoms with van der Waals surface area (Å²) in [4.78, 5) is 35.6. The Balaban J connectivity index is 0.00000136. The van der Waals surface area contributed by atoms with Crippen LogP contribution >= 0.6 is 0 Å². The second-order valence-electron chi connectivity index (χ2n) is 6.29. The molecule has 1 aliphatic rings. The third-order valence-electron chi connectivity index (χ3n) is 4.52. The molecule has 0 bridgehead atoms. The molecule has 148 valence electrons. The number of Topliss-reactive ketones (excluding diaryl/α,β-unsaturated/α-hetero) is 1. The number of anilines is 1. The van der Waals surface area contributed by atoms with E-state index in [1.807, 2.05) is 0 Å². The van der Waals surface area contributed by atoms with Crippen molar-refractivity contribution in [2.75, 3.05) is 5.32 Å². The third-order valence-corrected chi connectivity index (χ3v) is 4.52. The third kappa shape index (κ3) is 4.88. The molecular formula is C21H23FN2O4. The summed E-state index contributed by atoms with van der Waals surface area (Å²) in [7, 11) is 0. The Kier molecular flexibility index (Phi) is 7.14. The van der Waals surface area contributed by atoms with Crippen LogP contribution in [0.5, 0.6) is 0 Å². The highest BCUT2D eigenvalue weighted by atomic mass is 19.0. The minimum atomic E-state index is -0.968. The van der Waals surface area contributed by atoms with Gasteiger partial charge in [0.2, 0.25) is 0 Å². The summed E-state index contributed by atoms with van der Waals surface area (Å²) < 4.78 is 13.0. The van der Waals surface area contributed by atoms with Crippen molar-refractivity contribution in [3.8, 4) is 0 Å². The molecule has 0 aliphatic heterocycles. The summed E-state index contributed by atoms with van der Waals surface area (Å²) in [6, 6.07) is 11.8. The van der Waals surface area contributed by atoms with Gasteiger partial charge in [-0.25, -0.2) is 0 Å². The van der Waals surface area contributed by atoms with E-state index in [-0.39, 0.29) is 25.5 Å². The molecule has 1 unspecified atom stereocenters. The molecule has 1 aliphatic carbocycles. The van der Waals surface area contributed by atoms with E-state index in [1.165, 1.54) is 6.21 Å². The molecule has 1 atom stereocenters. The van der Waals surface area contributed by atoms with Crippen LogP contribution in [-0.4, -0.2) is 30.4 Å². The standard InChI is InChI=1S/C20H18N2O4.CH4.FH/c21-11-12-1-3-13(4-2-12)20(26)22-16-7-8-17-14(9-16)5-6-15(19(17)25)10-18(23)24;;/h1-4,7-9,11,15,21H,5-6,10H2,(H,22,26)(H,23,24);1H4;1H/i/hT. The highest BCUT2D eigenvalue weighted by Gasteiger charge is 2.29. The zero-order valence-corrected chi connectivity index (χ0v) is 14.4. The van der Waals surface area contributed by atoms with Gasteiger partial charge in [0.05, 0.1) is 6.42 Å². The average molecular weight is 388 g/mol. The van der Waals surface area contributed by atoms with E-state index in [1.54, 1.807) is 42.5 Å². The molecule has 3 rings (SSSR count). The van der Waals surface area contributed by atoms with Crippen LogP contribution in [0, 0.1) is 11.3 Å². The van der Waals surface area contributed by atoms with Gasteiger partial charge < -0.3 is 15.8 Å². The van der Waals surface area contributed by atoms with Gasteiger partial charge in [0, 0.05) is 28.9 Å². The smallest absolute Gasteiger partial charge is 0.304 e. The molecule has 28 heavy (non-hydrogen) atoms. The molecule has 0 aromatic heterocycles. The van der Waals surface area contributed by atoms with Gasteiger partial charge in [-0.3, -0.25) is 19.1 Å². The van der Waals surface area contributed by atoms with Crippen molar-refractivity contribution >= 4 is 29.6 Å². The molecule has 1 amide bonds. The summed E-state index contributed by atoms with van der Waals surface area (Å²) in [6.07, 6.45) is 2.17. The fraction of sp³-hybridized carbons (Fsp3) is 0.238. The summed E-state index contributed by atoms with van der Waals surface area (Å²) in [5, 5.41) is 18.9. The fourth-order valence-electron chi connectivity index (χ4n) is 3.14. The Bertz CT molecular complexity index is 900. The van der Waals surface area contributed by atoms with Gasteiger partial charge in [0.15, 0.2) is 5.78 Å². The normalized spacial score (nSPS) is 15.0. The van der Waals surface area contributed by atoms with Crippen LogP contribution in [0.1, 0.15) is 52.1 Å². The molecule has 2 aromatic carbocycles. The van der Waals surface area contributed by atoms with Crippen LogP contribution < -0.4 is 5.32 Å². The molecular weight excluding hydrogens is 363 g/mol. The second-order valence-corrected chi connectivity index (χ2v) is 6.29. The van der Waals surface area contributed by atoms with Crippen LogP contribution in [0.2, 0.25) is 0 Å². The van der Waals surface area contributed by atoms with Crippen molar-refractivity contribution in [1.29, 1.82) is 6.86 Å². The van der Waals surface area contributed by atoms with E-state index < -0.39 is 11.9 Å². The number of nitrogens with one attached hydrogen (secondary N) is 2. The van der Waals surface area contributed by atoms with Gasteiger partial charge >= 0.3 is 5.97 Å². The van der Waals surface area contributed by atoms with E-state index in [0.29, 0.717) is 35.2 Å². The number of carboxylic acid groups (broad SMARTS) is 1. The second kappa shape index (κ2) is 9.55. The highest BCUT2D eigenvalue weighted by Crippen LogP contribution is 2.29. The lowest BCUT2D eigenvalue weighted by molar-refractivity contribution is -0.137. The van der Waals surface area contributed by atoms with Gasteiger partial charge in [-0.2, -0.15) is 0 Å². The van der Waals surface area contributed by atoms with E-state index in [9.17, 15) is 14.4 Å². The number of benzene rings is 2. The first-order valence-corrected chi connectivity index (χ1v) is 8.29. The molecule has 0 spiro atoms. The van der Waals surface area contributed by atoms with Crippen LogP contribution in [0.3, 0.4) is 0 Å². The lowest BCUT2D eigenvalue weighted by Gasteiger charge is -2.22. The predicted molar refractivity (Wildman–Crippen MR) is 106 cm³/mol. The van der Waals surface area contributed by atoms with Gasteiger partial charge in [-0.15, -0.1) is 0 Å². The van der Waals surface area contributed by atoms with Gasteiger partial charge in [0.25, 0.3) is 7.36 Å². The largest absolute Gasteiger partial charge is 0.481 e. The molecule has 3 N–H and O–H groups in total. The Hall–Kier alpha value is -3.35. The number of ketones is 1. The number of amides is 1. The first-order valence-electron chi connectivity index (χ1n) is 8.66. The van der Waals surface area contributed by atoms with Crippen LogP contribution in [0.4, 0.5) is 10.4 Å².